The SMILES string of the molecule is CC(C)CNS(O)(O)C(C)C. The summed E-state index contributed by atoms with van der Waals surface area (Å²) in [4.78, 5) is 0. The largest absolute Gasteiger partial charge is 0.285 e. The van der Waals surface area contributed by atoms with Crippen LogP contribution in [-0.2, 0) is 0 Å². The van der Waals surface area contributed by atoms with Gasteiger partial charge in [0.1, 0.15) is 0 Å². The quantitative estimate of drug-likeness (QED) is 0.624. The van der Waals surface area contributed by atoms with Crippen molar-refractivity contribution in [1.82, 2.24) is 4.72 Å². The first-order valence-corrected chi connectivity index (χ1v) is 5.49. The molecule has 0 rings (SSSR count). The fraction of sp³-hybridized carbons (Fsp3) is 1.00. The van der Waals surface area contributed by atoms with Crippen molar-refractivity contribution in [3.63, 3.8) is 0 Å². The van der Waals surface area contributed by atoms with Gasteiger partial charge < -0.3 is 0 Å². The maximum absolute atomic E-state index is 9.37. The Morgan fingerprint density at radius 3 is 1.91 bits per heavy atom. The fourth-order valence-corrected chi connectivity index (χ4v) is 1.37. The number of hydrogen-bond acceptors (Lipinski definition) is 3. The summed E-state index contributed by atoms with van der Waals surface area (Å²) in [5.41, 5.74) is 0. The normalized spacial score (nSPS) is 14.5. The molecule has 0 saturated heterocycles. The van der Waals surface area contributed by atoms with Crippen molar-refractivity contribution >= 4 is 10.8 Å². The third-order valence-corrected chi connectivity index (χ3v) is 3.27. The molecule has 0 aromatic carbocycles. The summed E-state index contributed by atoms with van der Waals surface area (Å²) in [6.45, 7) is 8.30. The Morgan fingerprint density at radius 1 is 1.18 bits per heavy atom. The molecule has 0 saturated carbocycles. The predicted molar refractivity (Wildman–Crippen MR) is 50.8 cm³/mol. The first-order chi connectivity index (χ1) is 4.86. The minimum Gasteiger partial charge on any atom is -0.285 e. The summed E-state index contributed by atoms with van der Waals surface area (Å²) in [6, 6.07) is 0. The molecule has 0 aliphatic carbocycles. The van der Waals surface area contributed by atoms with Crippen LogP contribution < -0.4 is 4.72 Å². The van der Waals surface area contributed by atoms with Crippen molar-refractivity contribution in [2.45, 2.75) is 32.9 Å². The zero-order valence-electron chi connectivity index (χ0n) is 7.66. The molecule has 0 bridgehead atoms. The van der Waals surface area contributed by atoms with E-state index < -0.39 is 10.8 Å². The molecule has 3 nitrogen and oxygen atoms in total. The Kier molecular flexibility index (Phi) is 4.39. The van der Waals surface area contributed by atoms with Gasteiger partial charge in [0.15, 0.2) is 0 Å². The molecule has 0 heterocycles. The highest BCUT2D eigenvalue weighted by atomic mass is 32.3. The second kappa shape index (κ2) is 4.30. The van der Waals surface area contributed by atoms with Crippen LogP contribution in [0.1, 0.15) is 27.7 Å². The first kappa shape index (κ1) is 11.2. The Morgan fingerprint density at radius 2 is 1.64 bits per heavy atom. The highest BCUT2D eigenvalue weighted by molar-refractivity contribution is 8.23. The summed E-state index contributed by atoms with van der Waals surface area (Å²) in [5, 5.41) is -0.110. The van der Waals surface area contributed by atoms with Crippen molar-refractivity contribution in [3.8, 4) is 0 Å². The van der Waals surface area contributed by atoms with E-state index in [1.165, 1.54) is 0 Å². The van der Waals surface area contributed by atoms with Crippen LogP contribution >= 0.6 is 10.8 Å². The van der Waals surface area contributed by atoms with E-state index in [0.29, 0.717) is 12.5 Å². The maximum atomic E-state index is 9.37. The number of hydrogen-bond donors (Lipinski definition) is 3. The van der Waals surface area contributed by atoms with Gasteiger partial charge in [0.05, 0.1) is 5.25 Å². The highest BCUT2D eigenvalue weighted by Gasteiger charge is 2.15. The molecule has 11 heavy (non-hydrogen) atoms. The Bertz CT molecular complexity index is 115. The van der Waals surface area contributed by atoms with E-state index >= 15 is 0 Å². The molecule has 0 aromatic rings. The zero-order chi connectivity index (χ0) is 9.07. The average Bonchev–Trinajstić information content (AvgIpc) is 1.84. The van der Waals surface area contributed by atoms with Crippen LogP contribution in [0, 0.1) is 5.92 Å². The van der Waals surface area contributed by atoms with Gasteiger partial charge in [-0.2, -0.15) is 0 Å². The van der Waals surface area contributed by atoms with E-state index in [4.69, 9.17) is 0 Å². The molecule has 0 aliphatic heterocycles. The van der Waals surface area contributed by atoms with Crippen LogP contribution in [0.4, 0.5) is 0 Å². The molecule has 0 atom stereocenters. The molecule has 0 radical (unpaired) electrons. The molecule has 0 unspecified atom stereocenters. The third-order valence-electron chi connectivity index (χ3n) is 1.36. The molecule has 0 fully saturated rings. The van der Waals surface area contributed by atoms with Crippen molar-refractivity contribution < 1.29 is 9.11 Å². The van der Waals surface area contributed by atoms with Crippen molar-refractivity contribution in [2.75, 3.05) is 6.54 Å². The number of nitrogens with one attached hydrogen (secondary N) is 1. The molecule has 0 aromatic heterocycles. The third kappa shape index (κ3) is 4.63. The average molecular weight is 181 g/mol. The topological polar surface area (TPSA) is 52.5 Å². The smallest absolute Gasteiger partial charge is 0.0582 e. The van der Waals surface area contributed by atoms with Gasteiger partial charge in [-0.05, 0) is 19.8 Å². The van der Waals surface area contributed by atoms with Crippen LogP contribution in [0.25, 0.3) is 0 Å². The van der Waals surface area contributed by atoms with Gasteiger partial charge in [-0.15, -0.1) is 10.8 Å². The van der Waals surface area contributed by atoms with E-state index in [2.05, 4.69) is 4.72 Å². The summed E-state index contributed by atoms with van der Waals surface area (Å²) < 4.78 is 21.5. The standard InChI is InChI=1S/C7H19NO2S/c1-6(2)5-8-11(9,10)7(3)4/h6-10H,5H2,1-4H3. The monoisotopic (exact) mass is 181 g/mol. The van der Waals surface area contributed by atoms with Gasteiger partial charge in [-0.1, -0.05) is 13.8 Å². The van der Waals surface area contributed by atoms with Gasteiger partial charge in [-0.25, -0.2) is 4.72 Å². The molecule has 0 amide bonds. The van der Waals surface area contributed by atoms with Crippen LogP contribution in [0.15, 0.2) is 0 Å². The first-order valence-electron chi connectivity index (χ1n) is 3.88. The van der Waals surface area contributed by atoms with Crippen molar-refractivity contribution in [1.29, 1.82) is 0 Å². The second-order valence-corrected chi connectivity index (χ2v) is 5.80. The van der Waals surface area contributed by atoms with E-state index in [1.54, 1.807) is 13.8 Å². The molecular formula is C7H19NO2S. The molecular weight excluding hydrogens is 162 g/mol. The maximum Gasteiger partial charge on any atom is 0.0582 e. The van der Waals surface area contributed by atoms with Crippen LogP contribution in [0.5, 0.6) is 0 Å². The van der Waals surface area contributed by atoms with Gasteiger partial charge in [0.2, 0.25) is 0 Å². The fourth-order valence-electron chi connectivity index (χ4n) is 0.456. The van der Waals surface area contributed by atoms with E-state index in [1.807, 2.05) is 13.8 Å². The Balaban J connectivity index is 3.73. The molecule has 0 aliphatic rings. The van der Waals surface area contributed by atoms with Gasteiger partial charge in [-0.3, -0.25) is 9.11 Å². The summed E-state index contributed by atoms with van der Waals surface area (Å²) in [5.74, 6) is 0.444. The minimum absolute atomic E-state index is 0.110. The van der Waals surface area contributed by atoms with Crippen LogP contribution in [0.2, 0.25) is 0 Å². The minimum atomic E-state index is -2.54. The van der Waals surface area contributed by atoms with Crippen LogP contribution in [0.3, 0.4) is 0 Å². The van der Waals surface area contributed by atoms with Gasteiger partial charge >= 0.3 is 0 Å². The lowest BCUT2D eigenvalue weighted by Gasteiger charge is -2.37. The predicted octanol–water partition coefficient (Wildman–Crippen LogP) is 2.31. The van der Waals surface area contributed by atoms with Gasteiger partial charge in [0, 0.05) is 6.54 Å². The summed E-state index contributed by atoms with van der Waals surface area (Å²) in [6.07, 6.45) is 0. The lowest BCUT2D eigenvalue weighted by Crippen LogP contribution is -2.29. The molecule has 0 spiro atoms. The van der Waals surface area contributed by atoms with E-state index in [9.17, 15) is 9.11 Å². The van der Waals surface area contributed by atoms with E-state index in [-0.39, 0.29) is 5.25 Å². The van der Waals surface area contributed by atoms with Crippen molar-refractivity contribution in [3.05, 3.63) is 0 Å². The summed E-state index contributed by atoms with van der Waals surface area (Å²) >= 11 is 0. The highest BCUT2D eigenvalue weighted by Crippen LogP contribution is 2.38. The van der Waals surface area contributed by atoms with Gasteiger partial charge in [0.25, 0.3) is 0 Å². The van der Waals surface area contributed by atoms with Crippen molar-refractivity contribution in [2.24, 2.45) is 5.92 Å². The Labute approximate surface area is 70.7 Å². The second-order valence-electron chi connectivity index (χ2n) is 3.38. The molecule has 70 valence electrons. The zero-order valence-corrected chi connectivity index (χ0v) is 8.48. The Hall–Kier alpha value is 0.230. The number of rotatable bonds is 4. The lowest BCUT2D eigenvalue weighted by molar-refractivity contribution is 0.450. The van der Waals surface area contributed by atoms with Crippen LogP contribution in [-0.4, -0.2) is 20.9 Å². The lowest BCUT2D eigenvalue weighted by atomic mass is 10.2. The van der Waals surface area contributed by atoms with E-state index in [0.717, 1.165) is 0 Å². The summed E-state index contributed by atoms with van der Waals surface area (Å²) in [7, 11) is -2.54. The molecule has 4 heteroatoms. The molecule has 3 N–H and O–H groups in total.